The lowest BCUT2D eigenvalue weighted by atomic mass is 9.68. The van der Waals surface area contributed by atoms with Crippen molar-refractivity contribution in [3.05, 3.63) is 105 Å². The molecule has 2 aliphatic carbocycles. The monoisotopic (exact) mass is 536 g/mol. The lowest BCUT2D eigenvalue weighted by Gasteiger charge is -2.43. The first-order chi connectivity index (χ1) is 18.6. The third-order valence-electron chi connectivity index (χ3n) is 9.12. The summed E-state index contributed by atoms with van der Waals surface area (Å²) in [6.45, 7) is 0. The van der Waals surface area contributed by atoms with Crippen LogP contribution in [0.15, 0.2) is 94.7 Å². The number of aromatic nitrogens is 1. The second kappa shape index (κ2) is 8.29. The molecule has 3 fully saturated rings. The van der Waals surface area contributed by atoms with Crippen LogP contribution in [0.25, 0.3) is 11.1 Å². The molecule has 2 amide bonds. The minimum atomic E-state index is -0.280. The number of thiazole rings is 1. The summed E-state index contributed by atoms with van der Waals surface area (Å²) in [4.78, 5) is 45.5. The smallest absolute Gasteiger partial charge is 0.305 e. The number of nitrogens with zero attached hydrogens (tertiary/aromatic N) is 1. The number of carbonyl (C=O) groups excluding carboxylic acids is 2. The minimum absolute atomic E-state index is 0.0367. The summed E-state index contributed by atoms with van der Waals surface area (Å²) >= 11 is 3.03. The summed E-state index contributed by atoms with van der Waals surface area (Å²) in [5.74, 6) is -0.147. The third-order valence-corrected chi connectivity index (χ3v) is 11.7. The topological polar surface area (TPSA) is 70.2 Å². The predicted octanol–water partition coefficient (Wildman–Crippen LogP) is 5.78. The van der Waals surface area contributed by atoms with Crippen LogP contribution in [0.5, 0.6) is 0 Å². The second-order valence-electron chi connectivity index (χ2n) is 10.8. The van der Waals surface area contributed by atoms with Gasteiger partial charge in [-0.15, -0.1) is 11.8 Å². The van der Waals surface area contributed by atoms with E-state index < -0.39 is 0 Å². The number of amides is 2. The number of aromatic amines is 1. The molecule has 8 rings (SSSR count). The first kappa shape index (κ1) is 22.6. The summed E-state index contributed by atoms with van der Waals surface area (Å²) < 4.78 is 0. The van der Waals surface area contributed by atoms with Gasteiger partial charge in [0.25, 0.3) is 0 Å². The molecule has 2 aliphatic heterocycles. The van der Waals surface area contributed by atoms with Crippen LogP contribution in [0.3, 0.4) is 0 Å². The fraction of sp³-hybridized carbons (Fsp3) is 0.258. The van der Waals surface area contributed by atoms with E-state index in [4.69, 9.17) is 0 Å². The highest BCUT2D eigenvalue weighted by Crippen LogP contribution is 2.68. The number of anilines is 1. The van der Waals surface area contributed by atoms with Crippen LogP contribution >= 0.6 is 23.1 Å². The van der Waals surface area contributed by atoms with Crippen LogP contribution in [0, 0.1) is 29.6 Å². The van der Waals surface area contributed by atoms with Gasteiger partial charge in [-0.1, -0.05) is 84.1 Å². The van der Waals surface area contributed by atoms with Crippen LogP contribution < -0.4 is 9.77 Å². The minimum Gasteiger partial charge on any atom is -0.307 e. The molecule has 7 atom stereocenters. The Bertz CT molecular complexity index is 1630. The fourth-order valence-electron chi connectivity index (χ4n) is 7.74. The molecule has 2 saturated carbocycles. The molecule has 2 bridgehead atoms. The van der Waals surface area contributed by atoms with E-state index in [9.17, 15) is 14.4 Å². The fourth-order valence-corrected chi connectivity index (χ4v) is 10.6. The standard InChI is InChI=1S/C31H24N2O3S2/c34-29-24-20-15-21(25(24)30(35)33(29)19-9-5-2-6-10-19)26-23(20)22(27-28(37-26)32-31(36)38-27)18-13-11-17(12-14-18)16-7-3-1-4-8-16/h1-14,20-26H,15H2,(H,32,36)/t20-,21-,22+,23+,24+,25+,26-/m1/s1. The van der Waals surface area contributed by atoms with Crippen LogP contribution in [0.2, 0.25) is 0 Å². The molecule has 4 aromatic rings. The normalized spacial score (nSPS) is 30.8. The highest BCUT2D eigenvalue weighted by Gasteiger charge is 2.69. The van der Waals surface area contributed by atoms with E-state index in [0.717, 1.165) is 21.9 Å². The number of hydrogen-bond acceptors (Lipinski definition) is 5. The predicted molar refractivity (Wildman–Crippen MR) is 149 cm³/mol. The number of para-hydroxylation sites is 1. The van der Waals surface area contributed by atoms with Crippen LogP contribution in [0.4, 0.5) is 5.69 Å². The second-order valence-corrected chi connectivity index (χ2v) is 13.0. The molecule has 5 nitrogen and oxygen atoms in total. The van der Waals surface area contributed by atoms with Gasteiger partial charge in [-0.2, -0.15) is 0 Å². The van der Waals surface area contributed by atoms with E-state index in [1.807, 2.05) is 48.5 Å². The molecule has 7 heteroatoms. The molecular formula is C31H24N2O3S2. The number of carbonyl (C=O) groups is 2. The maximum Gasteiger partial charge on any atom is 0.305 e. The van der Waals surface area contributed by atoms with Crippen molar-refractivity contribution in [1.29, 1.82) is 0 Å². The number of thioether (sulfide) groups is 1. The Labute approximate surface area is 227 Å². The van der Waals surface area contributed by atoms with Gasteiger partial charge in [0.2, 0.25) is 11.8 Å². The van der Waals surface area contributed by atoms with Gasteiger partial charge in [0.15, 0.2) is 0 Å². The van der Waals surface area contributed by atoms with E-state index in [1.54, 1.807) is 11.8 Å². The summed E-state index contributed by atoms with van der Waals surface area (Å²) in [7, 11) is 0. The zero-order valence-electron chi connectivity index (χ0n) is 20.3. The average molecular weight is 537 g/mol. The maximum atomic E-state index is 13.8. The van der Waals surface area contributed by atoms with Gasteiger partial charge in [0, 0.05) is 16.0 Å². The quantitative estimate of drug-likeness (QED) is 0.337. The number of fused-ring (bicyclic) bond motifs is 9. The molecule has 38 heavy (non-hydrogen) atoms. The van der Waals surface area contributed by atoms with Crippen LogP contribution in [0.1, 0.15) is 22.8 Å². The van der Waals surface area contributed by atoms with E-state index >= 15 is 0 Å². The number of hydrogen-bond donors (Lipinski definition) is 1. The van der Waals surface area contributed by atoms with Crippen molar-refractivity contribution in [3.8, 4) is 11.1 Å². The molecule has 0 unspecified atom stereocenters. The average Bonchev–Trinajstić information content (AvgIpc) is 3.68. The van der Waals surface area contributed by atoms with Crippen LogP contribution in [-0.4, -0.2) is 22.0 Å². The van der Waals surface area contributed by atoms with Gasteiger partial charge < -0.3 is 4.98 Å². The summed E-state index contributed by atoms with van der Waals surface area (Å²) in [5, 5.41) is 1.14. The molecule has 1 aromatic heterocycles. The van der Waals surface area contributed by atoms with E-state index in [2.05, 4.69) is 41.4 Å². The summed E-state index contributed by atoms with van der Waals surface area (Å²) in [5.41, 5.74) is 4.17. The molecule has 3 aromatic carbocycles. The third kappa shape index (κ3) is 3.09. The van der Waals surface area contributed by atoms with Crippen molar-refractivity contribution < 1.29 is 9.59 Å². The summed E-state index contributed by atoms with van der Waals surface area (Å²) in [6, 6.07) is 28.4. The van der Waals surface area contributed by atoms with Gasteiger partial charge in [-0.25, -0.2) is 0 Å². The summed E-state index contributed by atoms with van der Waals surface area (Å²) in [6.07, 6.45) is 0.898. The lowest BCUT2D eigenvalue weighted by molar-refractivity contribution is -0.123. The zero-order chi connectivity index (χ0) is 25.5. The molecule has 0 spiro atoms. The highest BCUT2D eigenvalue weighted by molar-refractivity contribution is 8.00. The SMILES string of the molecule is O=C1[C@H]2[C@H]3C[C@@H]([C@@H]2C(=O)N1c1ccccc1)[C@H]1[C@H](c2ccc(-c4ccccc4)cc2)c2sc(=O)[nH]c2S[C@H]31. The Balaban J connectivity index is 1.20. The first-order valence-electron chi connectivity index (χ1n) is 13.1. The zero-order valence-corrected chi connectivity index (χ0v) is 22.0. The molecular weight excluding hydrogens is 512 g/mol. The van der Waals surface area contributed by atoms with Crippen molar-refractivity contribution in [1.82, 2.24) is 4.98 Å². The van der Waals surface area contributed by atoms with Gasteiger partial charge in [0.1, 0.15) is 0 Å². The Morgan fingerprint density at radius 3 is 2.08 bits per heavy atom. The largest absolute Gasteiger partial charge is 0.307 e. The Morgan fingerprint density at radius 1 is 0.737 bits per heavy atom. The van der Waals surface area contributed by atoms with Crippen molar-refractivity contribution in [2.24, 2.45) is 29.6 Å². The van der Waals surface area contributed by atoms with Crippen molar-refractivity contribution in [3.63, 3.8) is 0 Å². The molecule has 188 valence electrons. The van der Waals surface area contributed by atoms with Gasteiger partial charge in [0.05, 0.1) is 22.5 Å². The highest BCUT2D eigenvalue weighted by atomic mass is 32.2. The van der Waals surface area contributed by atoms with E-state index in [1.165, 1.54) is 27.4 Å². The number of H-pyrrole nitrogens is 1. The van der Waals surface area contributed by atoms with Crippen LogP contribution in [-0.2, 0) is 9.59 Å². The Kier molecular flexibility index (Phi) is 4.92. The van der Waals surface area contributed by atoms with E-state index in [0.29, 0.717) is 5.69 Å². The van der Waals surface area contributed by atoms with Crippen molar-refractivity contribution >= 4 is 40.6 Å². The number of imide groups is 1. The Morgan fingerprint density at radius 2 is 1.37 bits per heavy atom. The van der Waals surface area contributed by atoms with Gasteiger partial charge in [-0.3, -0.25) is 19.3 Å². The molecule has 0 radical (unpaired) electrons. The molecule has 1 saturated heterocycles. The molecule has 4 aliphatic rings. The van der Waals surface area contributed by atoms with Gasteiger partial charge >= 0.3 is 4.87 Å². The lowest BCUT2D eigenvalue weighted by Crippen LogP contribution is -2.42. The first-order valence-corrected chi connectivity index (χ1v) is 14.8. The van der Waals surface area contributed by atoms with Gasteiger partial charge in [-0.05, 0) is 53.0 Å². The maximum absolute atomic E-state index is 13.8. The van der Waals surface area contributed by atoms with Crippen molar-refractivity contribution in [2.75, 3.05) is 4.90 Å². The number of rotatable bonds is 3. The number of benzene rings is 3. The van der Waals surface area contributed by atoms with E-state index in [-0.39, 0.29) is 57.4 Å². The number of nitrogens with one attached hydrogen (secondary N) is 1. The Hall–Kier alpha value is -3.42. The molecule has 3 heterocycles. The molecule has 1 N–H and O–H groups in total. The van der Waals surface area contributed by atoms with Crippen molar-refractivity contribution in [2.45, 2.75) is 22.6 Å².